The Morgan fingerprint density at radius 1 is 0.560 bits per heavy atom. The SMILES string of the molecule is NC1CCC2C3CCCCC3C/C=C\C=C/CC3CCCCC3C2C1. The molecule has 0 heterocycles. The summed E-state index contributed by atoms with van der Waals surface area (Å²) in [5.74, 6) is 5.73. The third-order valence-corrected chi connectivity index (χ3v) is 8.29. The summed E-state index contributed by atoms with van der Waals surface area (Å²) < 4.78 is 0. The molecule has 3 fully saturated rings. The molecular weight excluding hydrogens is 302 g/mol. The van der Waals surface area contributed by atoms with Crippen molar-refractivity contribution in [2.45, 2.75) is 89.5 Å². The van der Waals surface area contributed by atoms with Crippen LogP contribution >= 0.6 is 0 Å². The lowest BCUT2D eigenvalue weighted by molar-refractivity contribution is 0.0131. The highest BCUT2D eigenvalue weighted by molar-refractivity contribution is 5.06. The molecule has 0 aromatic carbocycles. The van der Waals surface area contributed by atoms with E-state index in [0.717, 1.165) is 35.5 Å². The van der Waals surface area contributed by atoms with Gasteiger partial charge < -0.3 is 5.73 Å². The van der Waals surface area contributed by atoms with Gasteiger partial charge in [0.25, 0.3) is 0 Å². The van der Waals surface area contributed by atoms with E-state index in [1.807, 2.05) is 0 Å². The standard InChI is InChI=1S/C24H39N/c25-20-15-16-23-21-13-7-5-11-18(21)9-3-1-2-4-10-19-12-6-8-14-22(19)24(23)17-20/h1-4,18-24H,5-17,25H2/b3-1-,4-2-. The summed E-state index contributed by atoms with van der Waals surface area (Å²) in [6, 6.07) is 0.481. The lowest BCUT2D eigenvalue weighted by atomic mass is 9.56. The van der Waals surface area contributed by atoms with Crippen molar-refractivity contribution in [1.29, 1.82) is 0 Å². The fourth-order valence-corrected chi connectivity index (χ4v) is 7.14. The van der Waals surface area contributed by atoms with Crippen molar-refractivity contribution in [1.82, 2.24) is 0 Å². The third-order valence-electron chi connectivity index (χ3n) is 8.29. The van der Waals surface area contributed by atoms with Crippen LogP contribution < -0.4 is 5.73 Å². The van der Waals surface area contributed by atoms with Crippen LogP contribution in [0, 0.1) is 35.5 Å². The van der Waals surface area contributed by atoms with Crippen molar-refractivity contribution in [2.24, 2.45) is 41.2 Å². The molecule has 0 amide bonds. The molecule has 0 aromatic rings. The van der Waals surface area contributed by atoms with Gasteiger partial charge in [0.2, 0.25) is 0 Å². The fraction of sp³-hybridized carbons (Fsp3) is 0.833. The van der Waals surface area contributed by atoms with E-state index in [1.165, 1.54) is 83.5 Å². The van der Waals surface area contributed by atoms with E-state index >= 15 is 0 Å². The van der Waals surface area contributed by atoms with Gasteiger partial charge in [-0.25, -0.2) is 0 Å². The fourth-order valence-electron chi connectivity index (χ4n) is 7.14. The van der Waals surface area contributed by atoms with Gasteiger partial charge in [0.15, 0.2) is 0 Å². The Bertz CT molecular complexity index is 478. The summed E-state index contributed by atoms with van der Waals surface area (Å²) in [5, 5.41) is 0. The Balaban J connectivity index is 1.64. The first-order valence-corrected chi connectivity index (χ1v) is 11.4. The quantitative estimate of drug-likeness (QED) is 0.554. The average molecular weight is 342 g/mol. The predicted molar refractivity (Wildman–Crippen MR) is 107 cm³/mol. The molecule has 4 rings (SSSR count). The van der Waals surface area contributed by atoms with Gasteiger partial charge in [0.05, 0.1) is 0 Å². The second kappa shape index (κ2) is 8.42. The first kappa shape index (κ1) is 17.8. The summed E-state index contributed by atoms with van der Waals surface area (Å²) in [4.78, 5) is 0. The molecule has 0 bridgehead atoms. The minimum atomic E-state index is 0.481. The highest BCUT2D eigenvalue weighted by Crippen LogP contribution is 2.51. The molecule has 4 aliphatic rings. The van der Waals surface area contributed by atoms with E-state index < -0.39 is 0 Å². The number of allylic oxidation sites excluding steroid dienone is 4. The molecule has 0 aliphatic heterocycles. The molecule has 1 heteroatoms. The van der Waals surface area contributed by atoms with Crippen LogP contribution in [0.15, 0.2) is 24.3 Å². The van der Waals surface area contributed by atoms with Gasteiger partial charge in [0.1, 0.15) is 0 Å². The Morgan fingerprint density at radius 3 is 1.76 bits per heavy atom. The van der Waals surface area contributed by atoms with Gasteiger partial charge in [0, 0.05) is 6.04 Å². The van der Waals surface area contributed by atoms with Crippen LogP contribution in [0.2, 0.25) is 0 Å². The van der Waals surface area contributed by atoms with E-state index in [2.05, 4.69) is 24.3 Å². The van der Waals surface area contributed by atoms with E-state index in [9.17, 15) is 0 Å². The molecule has 0 saturated heterocycles. The Labute approximate surface area is 155 Å². The molecule has 1 nitrogen and oxygen atoms in total. The molecule has 25 heavy (non-hydrogen) atoms. The predicted octanol–water partition coefficient (Wildman–Crippen LogP) is 6.25. The van der Waals surface area contributed by atoms with Crippen LogP contribution in [0.25, 0.3) is 0 Å². The van der Waals surface area contributed by atoms with Crippen molar-refractivity contribution in [3.05, 3.63) is 24.3 Å². The normalized spacial score (nSPS) is 48.0. The van der Waals surface area contributed by atoms with E-state index in [-0.39, 0.29) is 0 Å². The minimum absolute atomic E-state index is 0.481. The third kappa shape index (κ3) is 4.07. The van der Waals surface area contributed by atoms with Crippen molar-refractivity contribution < 1.29 is 0 Å². The summed E-state index contributed by atoms with van der Waals surface area (Å²) in [6.07, 6.45) is 28.1. The lowest BCUT2D eigenvalue weighted by Crippen LogP contribution is -2.44. The van der Waals surface area contributed by atoms with Gasteiger partial charge in [-0.15, -0.1) is 0 Å². The van der Waals surface area contributed by atoms with Gasteiger partial charge in [-0.05, 0) is 93.3 Å². The van der Waals surface area contributed by atoms with Gasteiger partial charge in [-0.2, -0.15) is 0 Å². The number of hydrogen-bond donors (Lipinski definition) is 1. The Morgan fingerprint density at radius 2 is 1.12 bits per heavy atom. The molecule has 7 unspecified atom stereocenters. The smallest absolute Gasteiger partial charge is 0.00417 e. The van der Waals surface area contributed by atoms with Gasteiger partial charge in [-0.3, -0.25) is 0 Å². The maximum atomic E-state index is 6.52. The summed E-state index contributed by atoms with van der Waals surface area (Å²) in [5.41, 5.74) is 6.52. The Kier molecular flexibility index (Phi) is 6.01. The zero-order valence-electron chi connectivity index (χ0n) is 16.1. The minimum Gasteiger partial charge on any atom is -0.328 e. The van der Waals surface area contributed by atoms with Crippen molar-refractivity contribution in [2.75, 3.05) is 0 Å². The zero-order chi connectivity index (χ0) is 17.1. The van der Waals surface area contributed by atoms with Crippen LogP contribution in [0.5, 0.6) is 0 Å². The van der Waals surface area contributed by atoms with E-state index in [0.29, 0.717) is 6.04 Å². The van der Waals surface area contributed by atoms with Crippen molar-refractivity contribution in [3.63, 3.8) is 0 Å². The molecule has 0 aromatic heterocycles. The first-order chi connectivity index (χ1) is 12.3. The second-order valence-electron chi connectivity index (χ2n) is 9.65. The highest BCUT2D eigenvalue weighted by Gasteiger charge is 2.43. The van der Waals surface area contributed by atoms with E-state index in [1.54, 1.807) is 0 Å². The number of hydrogen-bond acceptors (Lipinski definition) is 1. The zero-order valence-corrected chi connectivity index (χ0v) is 16.1. The molecule has 7 atom stereocenters. The van der Waals surface area contributed by atoms with Crippen molar-refractivity contribution in [3.8, 4) is 0 Å². The van der Waals surface area contributed by atoms with Crippen LogP contribution in [0.4, 0.5) is 0 Å². The molecule has 0 spiro atoms. The molecule has 3 saturated carbocycles. The average Bonchev–Trinajstić information content (AvgIpc) is 2.64. The molecule has 140 valence electrons. The van der Waals surface area contributed by atoms with Gasteiger partial charge in [-0.1, -0.05) is 50.0 Å². The molecule has 2 N–H and O–H groups in total. The molecular formula is C24H39N. The molecule has 4 aliphatic carbocycles. The highest BCUT2D eigenvalue weighted by atomic mass is 14.7. The number of rotatable bonds is 0. The van der Waals surface area contributed by atoms with Crippen molar-refractivity contribution >= 4 is 0 Å². The van der Waals surface area contributed by atoms with E-state index in [4.69, 9.17) is 5.73 Å². The van der Waals surface area contributed by atoms with Crippen LogP contribution in [0.3, 0.4) is 0 Å². The first-order valence-electron chi connectivity index (χ1n) is 11.4. The summed E-state index contributed by atoms with van der Waals surface area (Å²) >= 11 is 0. The second-order valence-corrected chi connectivity index (χ2v) is 9.65. The number of fused-ring (bicyclic) bond motifs is 5. The summed E-state index contributed by atoms with van der Waals surface area (Å²) in [7, 11) is 0. The van der Waals surface area contributed by atoms with Crippen LogP contribution in [-0.2, 0) is 0 Å². The monoisotopic (exact) mass is 341 g/mol. The maximum Gasteiger partial charge on any atom is 0.00417 e. The number of nitrogens with two attached hydrogens (primary N) is 1. The Hall–Kier alpha value is -0.560. The summed E-state index contributed by atoms with van der Waals surface area (Å²) in [6.45, 7) is 0. The van der Waals surface area contributed by atoms with Crippen LogP contribution in [-0.4, -0.2) is 6.04 Å². The maximum absolute atomic E-state index is 6.52. The topological polar surface area (TPSA) is 26.0 Å². The largest absolute Gasteiger partial charge is 0.328 e. The van der Waals surface area contributed by atoms with Gasteiger partial charge >= 0.3 is 0 Å². The van der Waals surface area contributed by atoms with Crippen LogP contribution in [0.1, 0.15) is 83.5 Å². The lowest BCUT2D eigenvalue weighted by Gasteiger charge is -2.49. The molecule has 0 radical (unpaired) electrons.